The fraction of sp³-hybridized carbons (Fsp3) is 0.400. The van der Waals surface area contributed by atoms with Crippen molar-refractivity contribution in [2.45, 2.75) is 60.4 Å². The molecule has 0 bridgehead atoms. The molecule has 2 aromatic heterocycles. The number of aromatic nitrogens is 2. The van der Waals surface area contributed by atoms with Crippen molar-refractivity contribution in [3.63, 3.8) is 0 Å². The van der Waals surface area contributed by atoms with Crippen LogP contribution in [-0.4, -0.2) is 28.8 Å². The second kappa shape index (κ2) is 13.3. The van der Waals surface area contributed by atoms with Gasteiger partial charge in [0.05, 0.1) is 23.6 Å². The molecule has 1 unspecified atom stereocenters. The molecule has 0 amide bonds. The van der Waals surface area contributed by atoms with Crippen molar-refractivity contribution < 1.29 is 4.74 Å². The molecule has 0 saturated carbocycles. The highest BCUT2D eigenvalue weighted by atomic mass is 16.5. The normalized spacial score (nSPS) is 11.7. The molecule has 1 atom stereocenters. The van der Waals surface area contributed by atoms with Crippen molar-refractivity contribution in [2.75, 3.05) is 11.9 Å². The molecule has 162 valence electrons. The first-order chi connectivity index (χ1) is 14.5. The summed E-state index contributed by atoms with van der Waals surface area (Å²) in [5.41, 5.74) is 5.11. The van der Waals surface area contributed by atoms with Gasteiger partial charge in [0, 0.05) is 24.1 Å². The summed E-state index contributed by atoms with van der Waals surface area (Å²) in [6.07, 6.45) is 9.49. The SMILES string of the molecule is C=C/C(=C\C)C(C)Nc1cc(-c2cccnc2OCC)nc(C=N)c1C.CCCC. The number of hydrogen-bond donors (Lipinski definition) is 2. The van der Waals surface area contributed by atoms with Gasteiger partial charge < -0.3 is 15.5 Å². The molecule has 5 nitrogen and oxygen atoms in total. The van der Waals surface area contributed by atoms with Gasteiger partial charge in [0.2, 0.25) is 5.88 Å². The molecule has 0 saturated heterocycles. The average molecular weight is 409 g/mol. The fourth-order valence-corrected chi connectivity index (χ4v) is 2.76. The van der Waals surface area contributed by atoms with Crippen LogP contribution in [0, 0.1) is 12.3 Å². The Labute approximate surface area is 181 Å². The lowest BCUT2D eigenvalue weighted by atomic mass is 10.0. The Balaban J connectivity index is 0.00000103. The van der Waals surface area contributed by atoms with Crippen LogP contribution in [0.1, 0.15) is 58.7 Å². The van der Waals surface area contributed by atoms with Crippen LogP contribution in [0.4, 0.5) is 5.69 Å². The second-order valence-corrected chi connectivity index (χ2v) is 6.86. The predicted molar refractivity (Wildman–Crippen MR) is 129 cm³/mol. The molecular formula is C25H36N4O. The molecule has 0 aliphatic carbocycles. The highest BCUT2D eigenvalue weighted by Gasteiger charge is 2.15. The number of hydrogen-bond acceptors (Lipinski definition) is 5. The molecule has 2 N–H and O–H groups in total. The van der Waals surface area contributed by atoms with Crippen LogP contribution in [0.3, 0.4) is 0 Å². The van der Waals surface area contributed by atoms with Crippen LogP contribution in [0.5, 0.6) is 5.88 Å². The third kappa shape index (κ3) is 6.83. The van der Waals surface area contributed by atoms with Crippen LogP contribution < -0.4 is 10.1 Å². The fourth-order valence-electron chi connectivity index (χ4n) is 2.76. The van der Waals surface area contributed by atoms with Gasteiger partial charge in [0.15, 0.2) is 0 Å². The molecule has 0 aliphatic heterocycles. The zero-order valence-corrected chi connectivity index (χ0v) is 19.2. The van der Waals surface area contributed by atoms with E-state index >= 15 is 0 Å². The van der Waals surface area contributed by atoms with Crippen LogP contribution in [-0.2, 0) is 0 Å². The molecule has 0 aliphatic rings. The molecule has 0 fully saturated rings. The van der Waals surface area contributed by atoms with Gasteiger partial charge in [-0.15, -0.1) is 0 Å². The summed E-state index contributed by atoms with van der Waals surface area (Å²) in [5.74, 6) is 0.543. The molecule has 5 heteroatoms. The first-order valence-corrected chi connectivity index (χ1v) is 10.6. The maximum atomic E-state index is 7.72. The molecule has 0 radical (unpaired) electrons. The van der Waals surface area contributed by atoms with Crippen LogP contribution in [0.2, 0.25) is 0 Å². The largest absolute Gasteiger partial charge is 0.477 e. The van der Waals surface area contributed by atoms with E-state index in [0.717, 1.165) is 28.1 Å². The van der Waals surface area contributed by atoms with Crippen molar-refractivity contribution in [1.29, 1.82) is 5.41 Å². The monoisotopic (exact) mass is 408 g/mol. The molecular weight excluding hydrogens is 372 g/mol. The van der Waals surface area contributed by atoms with E-state index in [-0.39, 0.29) is 6.04 Å². The quantitative estimate of drug-likeness (QED) is 0.363. The number of rotatable bonds is 9. The van der Waals surface area contributed by atoms with Crippen molar-refractivity contribution in [3.8, 4) is 17.1 Å². The Kier molecular flexibility index (Phi) is 11.1. The van der Waals surface area contributed by atoms with Gasteiger partial charge in [-0.05, 0) is 57.0 Å². The molecule has 2 rings (SSSR count). The minimum absolute atomic E-state index is 0.0882. The zero-order valence-electron chi connectivity index (χ0n) is 19.2. The van der Waals surface area contributed by atoms with E-state index in [1.807, 2.05) is 51.1 Å². The Bertz CT molecular complexity index is 856. The van der Waals surface area contributed by atoms with Gasteiger partial charge >= 0.3 is 0 Å². The smallest absolute Gasteiger partial charge is 0.222 e. The lowest BCUT2D eigenvalue weighted by Crippen LogP contribution is -2.18. The highest BCUT2D eigenvalue weighted by Crippen LogP contribution is 2.31. The molecule has 2 heterocycles. The molecule has 0 spiro atoms. The summed E-state index contributed by atoms with van der Waals surface area (Å²) in [4.78, 5) is 8.93. The van der Waals surface area contributed by atoms with Gasteiger partial charge in [-0.1, -0.05) is 45.4 Å². The summed E-state index contributed by atoms with van der Waals surface area (Å²) in [6, 6.07) is 5.85. The van der Waals surface area contributed by atoms with E-state index in [0.29, 0.717) is 18.2 Å². The lowest BCUT2D eigenvalue weighted by molar-refractivity contribution is 0.328. The van der Waals surface area contributed by atoms with Gasteiger partial charge in [-0.2, -0.15) is 0 Å². The maximum absolute atomic E-state index is 7.72. The van der Waals surface area contributed by atoms with Gasteiger partial charge in [0.1, 0.15) is 0 Å². The van der Waals surface area contributed by atoms with E-state index in [4.69, 9.17) is 10.1 Å². The number of pyridine rings is 2. The standard InChI is InChI=1S/C21H26N4O.C4H10/c1-6-16(7-2)15(5)24-18-12-19(25-20(13-22)14(18)4)17-10-9-11-23-21(17)26-8-3;1-3-4-2/h6-7,9-13,15,22H,1,8H2,2-5H3,(H,24,25);3-4H2,1-2H3/b16-7+,22-13?;. The summed E-state index contributed by atoms with van der Waals surface area (Å²) in [7, 11) is 0. The first kappa shape index (κ1) is 25.1. The van der Waals surface area contributed by atoms with E-state index in [1.165, 1.54) is 19.1 Å². The van der Waals surface area contributed by atoms with E-state index < -0.39 is 0 Å². The third-order valence-corrected chi connectivity index (χ3v) is 4.72. The lowest BCUT2D eigenvalue weighted by Gasteiger charge is -2.20. The first-order valence-electron chi connectivity index (χ1n) is 10.6. The second-order valence-electron chi connectivity index (χ2n) is 6.86. The van der Waals surface area contributed by atoms with E-state index in [1.54, 1.807) is 6.20 Å². The van der Waals surface area contributed by atoms with Crippen molar-refractivity contribution in [2.24, 2.45) is 0 Å². The average Bonchev–Trinajstić information content (AvgIpc) is 2.77. The molecule has 30 heavy (non-hydrogen) atoms. The number of nitrogens with one attached hydrogen (secondary N) is 2. The Morgan fingerprint density at radius 2 is 2.00 bits per heavy atom. The van der Waals surface area contributed by atoms with E-state index in [9.17, 15) is 0 Å². The van der Waals surface area contributed by atoms with Gasteiger partial charge in [0.25, 0.3) is 0 Å². The minimum Gasteiger partial charge on any atom is -0.477 e. The summed E-state index contributed by atoms with van der Waals surface area (Å²) < 4.78 is 5.64. The summed E-state index contributed by atoms with van der Waals surface area (Å²) in [5, 5.41) is 11.2. The number of unbranched alkanes of at least 4 members (excludes halogenated alkanes) is 1. The predicted octanol–water partition coefficient (Wildman–Crippen LogP) is 6.59. The topological polar surface area (TPSA) is 70.9 Å². The Hall–Kier alpha value is -2.95. The molecule has 2 aromatic rings. The van der Waals surface area contributed by atoms with Crippen LogP contribution in [0.15, 0.2) is 48.7 Å². The zero-order chi connectivity index (χ0) is 22.5. The minimum atomic E-state index is 0.0882. The number of anilines is 1. The van der Waals surface area contributed by atoms with Crippen LogP contribution in [0.25, 0.3) is 11.3 Å². The summed E-state index contributed by atoms with van der Waals surface area (Å²) >= 11 is 0. The Morgan fingerprint density at radius 1 is 1.30 bits per heavy atom. The maximum Gasteiger partial charge on any atom is 0.222 e. The van der Waals surface area contributed by atoms with Crippen molar-refractivity contribution in [3.05, 3.63) is 60.0 Å². The highest BCUT2D eigenvalue weighted by molar-refractivity contribution is 5.83. The third-order valence-electron chi connectivity index (χ3n) is 4.72. The number of ether oxygens (including phenoxy) is 1. The van der Waals surface area contributed by atoms with Crippen LogP contribution >= 0.6 is 0 Å². The van der Waals surface area contributed by atoms with Gasteiger partial charge in [-0.25, -0.2) is 9.97 Å². The Morgan fingerprint density at radius 3 is 2.53 bits per heavy atom. The van der Waals surface area contributed by atoms with E-state index in [2.05, 4.69) is 42.6 Å². The summed E-state index contributed by atoms with van der Waals surface area (Å²) in [6.45, 7) is 16.7. The van der Waals surface area contributed by atoms with Crippen molar-refractivity contribution >= 4 is 11.9 Å². The number of nitrogens with zero attached hydrogens (tertiary/aromatic N) is 2. The van der Waals surface area contributed by atoms with Crippen molar-refractivity contribution in [1.82, 2.24) is 9.97 Å². The number of allylic oxidation sites excluding steroid dienone is 1. The van der Waals surface area contributed by atoms with Gasteiger partial charge in [-0.3, -0.25) is 0 Å². The molecule has 0 aromatic carbocycles.